The molecule has 0 aliphatic heterocycles. The lowest BCUT2D eigenvalue weighted by molar-refractivity contribution is 0.0519. The fourth-order valence-electron chi connectivity index (χ4n) is 3.83. The first-order valence-corrected chi connectivity index (χ1v) is 9.86. The molecule has 142 valence electrons. The third-order valence-corrected chi connectivity index (χ3v) is 5.54. The molecule has 2 heterocycles. The van der Waals surface area contributed by atoms with E-state index >= 15 is 0 Å². The summed E-state index contributed by atoms with van der Waals surface area (Å²) in [5.74, 6) is 0.619. The Kier molecular flexibility index (Phi) is 5.35. The highest BCUT2D eigenvalue weighted by Gasteiger charge is 2.27. The van der Waals surface area contributed by atoms with Crippen LogP contribution in [0.15, 0.2) is 12.1 Å². The van der Waals surface area contributed by atoms with E-state index in [4.69, 9.17) is 9.72 Å². The van der Waals surface area contributed by atoms with Crippen LogP contribution in [0.2, 0.25) is 0 Å². The third-order valence-electron chi connectivity index (χ3n) is 5.54. The minimum Gasteiger partial charge on any atom is -0.461 e. The largest absolute Gasteiger partial charge is 0.461 e. The van der Waals surface area contributed by atoms with E-state index in [0.717, 1.165) is 23.5 Å². The zero-order valence-corrected chi connectivity index (χ0v) is 16.7. The summed E-state index contributed by atoms with van der Waals surface area (Å²) < 4.78 is 6.88. The summed E-state index contributed by atoms with van der Waals surface area (Å²) >= 11 is 0. The number of ether oxygens (including phenoxy) is 1. The Labute approximate surface area is 156 Å². The zero-order valence-electron chi connectivity index (χ0n) is 16.7. The third kappa shape index (κ3) is 4.08. The summed E-state index contributed by atoms with van der Waals surface area (Å²) in [6.07, 6.45) is 6.12. The van der Waals surface area contributed by atoms with Crippen molar-refractivity contribution >= 4 is 11.6 Å². The number of fused-ring (bicyclic) bond motifs is 1. The van der Waals surface area contributed by atoms with Gasteiger partial charge >= 0.3 is 5.97 Å². The standard InChI is InChI=1S/C21H31N3O2/c1-6-26-20(25)17-13-19-22-16(12-18(14(2)3)24(19)23-17)11-15-7-9-21(4,5)10-8-15/h12-15H,6-11H2,1-5H3. The number of esters is 1. The molecule has 0 N–H and O–H groups in total. The first-order chi connectivity index (χ1) is 12.3. The van der Waals surface area contributed by atoms with Gasteiger partial charge in [0.25, 0.3) is 0 Å². The highest BCUT2D eigenvalue weighted by molar-refractivity contribution is 5.88. The van der Waals surface area contributed by atoms with Gasteiger partial charge in [-0.2, -0.15) is 5.10 Å². The highest BCUT2D eigenvalue weighted by atomic mass is 16.5. The fraction of sp³-hybridized carbons (Fsp3) is 0.667. The Morgan fingerprint density at radius 3 is 2.62 bits per heavy atom. The second kappa shape index (κ2) is 7.37. The van der Waals surface area contributed by atoms with Gasteiger partial charge in [-0.15, -0.1) is 0 Å². The van der Waals surface area contributed by atoms with Crippen molar-refractivity contribution in [2.24, 2.45) is 11.3 Å². The Bertz CT molecular complexity index is 782. The molecule has 2 aromatic rings. The van der Waals surface area contributed by atoms with Gasteiger partial charge in [0.15, 0.2) is 11.3 Å². The van der Waals surface area contributed by atoms with Crippen molar-refractivity contribution in [3.8, 4) is 0 Å². The van der Waals surface area contributed by atoms with E-state index in [1.54, 1.807) is 17.5 Å². The van der Waals surface area contributed by atoms with Crippen molar-refractivity contribution in [2.45, 2.75) is 72.6 Å². The maximum absolute atomic E-state index is 12.0. The summed E-state index contributed by atoms with van der Waals surface area (Å²) in [7, 11) is 0. The lowest BCUT2D eigenvalue weighted by Gasteiger charge is -2.34. The molecule has 0 atom stereocenters. The van der Waals surface area contributed by atoms with Gasteiger partial charge in [-0.1, -0.05) is 27.7 Å². The Balaban J connectivity index is 1.88. The summed E-state index contributed by atoms with van der Waals surface area (Å²) in [6.45, 7) is 11.2. The number of aromatic nitrogens is 3. The fourth-order valence-corrected chi connectivity index (χ4v) is 3.83. The smallest absolute Gasteiger partial charge is 0.358 e. The molecule has 1 fully saturated rings. The molecule has 0 amide bonds. The molecule has 0 radical (unpaired) electrons. The number of rotatable bonds is 5. The lowest BCUT2D eigenvalue weighted by Crippen LogP contribution is -2.22. The minimum absolute atomic E-state index is 0.305. The molecule has 1 aliphatic rings. The monoisotopic (exact) mass is 357 g/mol. The van der Waals surface area contributed by atoms with Crippen LogP contribution in [-0.2, 0) is 11.2 Å². The molecule has 0 bridgehead atoms. The molecule has 0 unspecified atom stereocenters. The number of hydrogen-bond acceptors (Lipinski definition) is 4. The van der Waals surface area contributed by atoms with Crippen molar-refractivity contribution in [3.05, 3.63) is 29.2 Å². The maximum Gasteiger partial charge on any atom is 0.358 e. The number of carbonyl (C=O) groups excluding carboxylic acids is 1. The molecular weight excluding hydrogens is 326 g/mol. The summed E-state index contributed by atoms with van der Waals surface area (Å²) in [6, 6.07) is 3.91. The van der Waals surface area contributed by atoms with Crippen molar-refractivity contribution in [2.75, 3.05) is 6.61 Å². The zero-order chi connectivity index (χ0) is 18.9. The van der Waals surface area contributed by atoms with Gasteiger partial charge < -0.3 is 4.74 Å². The van der Waals surface area contributed by atoms with Crippen LogP contribution in [0.1, 0.15) is 88.1 Å². The molecule has 3 rings (SSSR count). The molecule has 0 saturated heterocycles. The SMILES string of the molecule is CCOC(=O)c1cc2nc(CC3CCC(C)(C)CC3)cc(C(C)C)n2n1. The number of hydrogen-bond donors (Lipinski definition) is 0. The lowest BCUT2D eigenvalue weighted by atomic mass is 9.72. The van der Waals surface area contributed by atoms with E-state index in [-0.39, 0.29) is 5.97 Å². The molecule has 2 aromatic heterocycles. The van der Waals surface area contributed by atoms with Crippen molar-refractivity contribution in [1.82, 2.24) is 14.6 Å². The first-order valence-electron chi connectivity index (χ1n) is 9.86. The molecule has 26 heavy (non-hydrogen) atoms. The first kappa shape index (κ1) is 18.9. The van der Waals surface area contributed by atoms with Gasteiger partial charge in [-0.3, -0.25) is 0 Å². The van der Waals surface area contributed by atoms with Gasteiger partial charge in [-0.05, 0) is 62.3 Å². The Morgan fingerprint density at radius 2 is 2.00 bits per heavy atom. The van der Waals surface area contributed by atoms with Crippen molar-refractivity contribution in [1.29, 1.82) is 0 Å². The summed E-state index contributed by atoms with van der Waals surface area (Å²) in [5, 5.41) is 4.44. The number of carbonyl (C=O) groups is 1. The van der Waals surface area contributed by atoms with E-state index in [1.807, 2.05) is 0 Å². The van der Waals surface area contributed by atoms with Crippen LogP contribution < -0.4 is 0 Å². The maximum atomic E-state index is 12.0. The molecule has 5 heteroatoms. The average Bonchev–Trinajstić information content (AvgIpc) is 3.00. The highest BCUT2D eigenvalue weighted by Crippen LogP contribution is 2.39. The van der Waals surface area contributed by atoms with Gasteiger partial charge in [0.05, 0.1) is 6.61 Å². The van der Waals surface area contributed by atoms with Crippen LogP contribution in [-0.4, -0.2) is 27.2 Å². The van der Waals surface area contributed by atoms with Crippen LogP contribution >= 0.6 is 0 Å². The molecule has 1 aliphatic carbocycles. The Morgan fingerprint density at radius 1 is 1.31 bits per heavy atom. The van der Waals surface area contributed by atoms with Crippen LogP contribution in [0.25, 0.3) is 5.65 Å². The molecule has 0 spiro atoms. The van der Waals surface area contributed by atoms with Gasteiger partial charge in [0.1, 0.15) is 0 Å². The average molecular weight is 357 g/mol. The molecule has 1 saturated carbocycles. The molecule has 0 aromatic carbocycles. The van der Waals surface area contributed by atoms with Crippen LogP contribution in [0, 0.1) is 11.3 Å². The van der Waals surface area contributed by atoms with Crippen LogP contribution in [0.5, 0.6) is 0 Å². The van der Waals surface area contributed by atoms with Crippen molar-refractivity contribution < 1.29 is 9.53 Å². The van der Waals surface area contributed by atoms with Gasteiger partial charge in [0, 0.05) is 17.5 Å². The number of nitrogens with zero attached hydrogens (tertiary/aromatic N) is 3. The van der Waals surface area contributed by atoms with E-state index in [1.165, 1.54) is 25.7 Å². The molecular formula is C21H31N3O2. The van der Waals surface area contributed by atoms with E-state index in [9.17, 15) is 4.79 Å². The quantitative estimate of drug-likeness (QED) is 0.722. The Hall–Kier alpha value is -1.91. The predicted octanol–water partition coefficient (Wildman–Crippen LogP) is 4.79. The van der Waals surface area contributed by atoms with Gasteiger partial charge in [0.2, 0.25) is 0 Å². The minimum atomic E-state index is -0.385. The summed E-state index contributed by atoms with van der Waals surface area (Å²) in [5.41, 5.74) is 3.76. The second-order valence-corrected chi connectivity index (χ2v) is 8.66. The van der Waals surface area contributed by atoms with E-state index in [0.29, 0.717) is 29.6 Å². The summed E-state index contributed by atoms with van der Waals surface area (Å²) in [4.78, 5) is 16.8. The van der Waals surface area contributed by atoms with Gasteiger partial charge in [-0.25, -0.2) is 14.3 Å². The van der Waals surface area contributed by atoms with E-state index in [2.05, 4.69) is 38.9 Å². The van der Waals surface area contributed by atoms with E-state index < -0.39 is 0 Å². The second-order valence-electron chi connectivity index (χ2n) is 8.66. The predicted molar refractivity (Wildman–Crippen MR) is 102 cm³/mol. The van der Waals surface area contributed by atoms with Crippen molar-refractivity contribution in [3.63, 3.8) is 0 Å². The molecule has 5 nitrogen and oxygen atoms in total. The topological polar surface area (TPSA) is 56.5 Å². The van der Waals surface area contributed by atoms with Crippen LogP contribution in [0.4, 0.5) is 0 Å². The normalized spacial score (nSPS) is 17.8. The van der Waals surface area contributed by atoms with Crippen LogP contribution in [0.3, 0.4) is 0 Å².